The van der Waals surface area contributed by atoms with E-state index in [1.807, 2.05) is 18.2 Å². The molecular weight excluding hydrogens is 238 g/mol. The Balaban J connectivity index is 2.48. The van der Waals surface area contributed by atoms with Crippen LogP contribution in [0.25, 0.3) is 0 Å². The van der Waals surface area contributed by atoms with Crippen LogP contribution < -0.4 is 10.1 Å². The molecule has 0 radical (unpaired) electrons. The van der Waals surface area contributed by atoms with Gasteiger partial charge in [0.05, 0.1) is 10.2 Å². The Morgan fingerprint density at radius 1 is 1.50 bits per heavy atom. The van der Waals surface area contributed by atoms with Gasteiger partial charge >= 0.3 is 0 Å². The van der Waals surface area contributed by atoms with E-state index in [2.05, 4.69) is 21.2 Å². The highest BCUT2D eigenvalue weighted by Gasteiger charge is 2.14. The van der Waals surface area contributed by atoms with Gasteiger partial charge in [0, 0.05) is 0 Å². The second kappa shape index (κ2) is 3.03. The second-order valence-electron chi connectivity index (χ2n) is 2.45. The summed E-state index contributed by atoms with van der Waals surface area (Å²) in [5.41, 5.74) is 0.931. The highest BCUT2D eigenvalue weighted by Crippen LogP contribution is 2.34. The van der Waals surface area contributed by atoms with Crippen LogP contribution in [0.4, 0.5) is 5.69 Å². The number of ether oxygens (including phenoxy) is 1. The number of anilines is 1. The SMILES string of the molecule is S=C1COc2c(Br)cccc2N1. The molecule has 0 aromatic heterocycles. The molecule has 0 bridgehead atoms. The van der Waals surface area contributed by atoms with Gasteiger partial charge in [0.25, 0.3) is 0 Å². The predicted molar refractivity (Wildman–Crippen MR) is 55.9 cm³/mol. The molecule has 1 aliphatic rings. The van der Waals surface area contributed by atoms with Crippen LogP contribution >= 0.6 is 28.1 Å². The zero-order chi connectivity index (χ0) is 8.55. The number of rotatable bonds is 0. The third-order valence-corrected chi connectivity index (χ3v) is 2.43. The van der Waals surface area contributed by atoms with Crippen molar-refractivity contribution in [3.05, 3.63) is 22.7 Å². The summed E-state index contributed by atoms with van der Waals surface area (Å²) in [6.45, 7) is 0.463. The largest absolute Gasteiger partial charge is 0.483 e. The van der Waals surface area contributed by atoms with Gasteiger partial charge in [0.2, 0.25) is 0 Å². The molecule has 0 aliphatic carbocycles. The van der Waals surface area contributed by atoms with Crippen molar-refractivity contribution < 1.29 is 4.74 Å². The van der Waals surface area contributed by atoms with Gasteiger partial charge in [-0.15, -0.1) is 0 Å². The van der Waals surface area contributed by atoms with Crippen molar-refractivity contribution in [2.24, 2.45) is 0 Å². The Kier molecular flexibility index (Phi) is 2.02. The van der Waals surface area contributed by atoms with Crippen LogP contribution in [0.2, 0.25) is 0 Å². The molecule has 0 saturated heterocycles. The first kappa shape index (κ1) is 8.01. The Morgan fingerprint density at radius 2 is 2.33 bits per heavy atom. The lowest BCUT2D eigenvalue weighted by atomic mass is 10.2. The van der Waals surface area contributed by atoms with Gasteiger partial charge in [0.15, 0.2) is 5.75 Å². The van der Waals surface area contributed by atoms with Crippen molar-refractivity contribution in [1.29, 1.82) is 0 Å². The first-order chi connectivity index (χ1) is 5.77. The number of thiocarbonyl (C=S) groups is 1. The maximum atomic E-state index is 5.42. The van der Waals surface area contributed by atoms with E-state index in [1.54, 1.807) is 0 Å². The van der Waals surface area contributed by atoms with E-state index in [0.29, 0.717) is 6.61 Å². The van der Waals surface area contributed by atoms with Crippen LogP contribution in [0, 0.1) is 0 Å². The maximum Gasteiger partial charge on any atom is 0.157 e. The Morgan fingerprint density at radius 3 is 3.17 bits per heavy atom. The van der Waals surface area contributed by atoms with Crippen molar-refractivity contribution in [2.45, 2.75) is 0 Å². The molecule has 0 saturated carbocycles. The molecule has 0 atom stereocenters. The molecule has 1 heterocycles. The molecule has 1 aliphatic heterocycles. The quantitative estimate of drug-likeness (QED) is 0.709. The van der Waals surface area contributed by atoms with Crippen molar-refractivity contribution in [3.8, 4) is 5.75 Å². The fourth-order valence-corrected chi connectivity index (χ4v) is 1.73. The molecule has 0 spiro atoms. The summed E-state index contributed by atoms with van der Waals surface area (Å²) in [6, 6.07) is 5.81. The summed E-state index contributed by atoms with van der Waals surface area (Å²) in [6.07, 6.45) is 0. The fourth-order valence-electron chi connectivity index (χ4n) is 1.08. The third kappa shape index (κ3) is 1.32. The van der Waals surface area contributed by atoms with Gasteiger partial charge < -0.3 is 10.1 Å². The van der Waals surface area contributed by atoms with Crippen LogP contribution in [0.1, 0.15) is 0 Å². The minimum absolute atomic E-state index is 0.463. The summed E-state index contributed by atoms with van der Waals surface area (Å²) < 4.78 is 6.37. The lowest BCUT2D eigenvalue weighted by molar-refractivity contribution is 0.372. The molecule has 62 valence electrons. The second-order valence-corrected chi connectivity index (χ2v) is 3.80. The number of hydrogen-bond acceptors (Lipinski definition) is 2. The van der Waals surface area contributed by atoms with Crippen molar-refractivity contribution >= 4 is 38.8 Å². The zero-order valence-electron chi connectivity index (χ0n) is 6.13. The highest BCUT2D eigenvalue weighted by molar-refractivity contribution is 9.10. The Labute approximate surface area is 84.0 Å². The first-order valence-electron chi connectivity index (χ1n) is 3.48. The van der Waals surface area contributed by atoms with Crippen molar-refractivity contribution in [2.75, 3.05) is 11.9 Å². The summed E-state index contributed by atoms with van der Waals surface area (Å²) in [4.78, 5) is 0.723. The van der Waals surface area contributed by atoms with E-state index in [-0.39, 0.29) is 0 Å². The molecule has 1 N–H and O–H groups in total. The maximum absolute atomic E-state index is 5.42. The summed E-state index contributed by atoms with van der Waals surface area (Å²) in [5.74, 6) is 0.839. The molecule has 0 fully saturated rings. The monoisotopic (exact) mass is 243 g/mol. The number of para-hydroxylation sites is 1. The van der Waals surface area contributed by atoms with Gasteiger partial charge in [-0.05, 0) is 28.1 Å². The normalized spacial score (nSPS) is 14.6. The zero-order valence-corrected chi connectivity index (χ0v) is 8.54. The first-order valence-corrected chi connectivity index (χ1v) is 4.68. The lowest BCUT2D eigenvalue weighted by Gasteiger charge is -2.20. The van der Waals surface area contributed by atoms with Crippen molar-refractivity contribution in [1.82, 2.24) is 0 Å². The van der Waals surface area contributed by atoms with Crippen molar-refractivity contribution in [3.63, 3.8) is 0 Å². The highest BCUT2D eigenvalue weighted by atomic mass is 79.9. The lowest BCUT2D eigenvalue weighted by Crippen LogP contribution is -2.23. The van der Waals surface area contributed by atoms with E-state index in [4.69, 9.17) is 17.0 Å². The average molecular weight is 244 g/mol. The smallest absolute Gasteiger partial charge is 0.157 e. The van der Waals surface area contributed by atoms with Crippen LogP contribution in [0.15, 0.2) is 22.7 Å². The predicted octanol–water partition coefficient (Wildman–Crippen LogP) is 2.58. The van der Waals surface area contributed by atoms with E-state index in [1.165, 1.54) is 0 Å². The van der Waals surface area contributed by atoms with E-state index < -0.39 is 0 Å². The standard InChI is InChI=1S/C8H6BrNOS/c9-5-2-1-3-6-8(5)11-4-7(12)10-6/h1-3H,4H2,(H,10,12). The number of nitrogens with one attached hydrogen (secondary N) is 1. The van der Waals surface area contributed by atoms with Crippen LogP contribution in [0.5, 0.6) is 5.75 Å². The topological polar surface area (TPSA) is 21.3 Å². The van der Waals surface area contributed by atoms with Crippen LogP contribution in [0.3, 0.4) is 0 Å². The molecule has 2 rings (SSSR count). The van der Waals surface area contributed by atoms with Crippen LogP contribution in [-0.4, -0.2) is 11.6 Å². The third-order valence-electron chi connectivity index (χ3n) is 1.59. The van der Waals surface area contributed by atoms with Gasteiger partial charge in [0.1, 0.15) is 11.6 Å². The molecular formula is C8H6BrNOS. The van der Waals surface area contributed by atoms with Gasteiger partial charge in [-0.25, -0.2) is 0 Å². The Hall–Kier alpha value is -0.610. The van der Waals surface area contributed by atoms with E-state index >= 15 is 0 Å². The van der Waals surface area contributed by atoms with Crippen LogP contribution in [-0.2, 0) is 0 Å². The molecule has 2 nitrogen and oxygen atoms in total. The van der Waals surface area contributed by atoms with Gasteiger partial charge in [-0.3, -0.25) is 0 Å². The molecule has 0 unspecified atom stereocenters. The Bertz CT molecular complexity index is 340. The molecule has 1 aromatic carbocycles. The average Bonchev–Trinajstić information content (AvgIpc) is 2.04. The van der Waals surface area contributed by atoms with Gasteiger partial charge in [-0.1, -0.05) is 18.3 Å². The van der Waals surface area contributed by atoms with E-state index in [0.717, 1.165) is 20.9 Å². The molecule has 4 heteroatoms. The number of fused-ring (bicyclic) bond motifs is 1. The molecule has 12 heavy (non-hydrogen) atoms. The minimum Gasteiger partial charge on any atom is -0.483 e. The summed E-state index contributed by atoms with van der Waals surface area (Å²) >= 11 is 8.37. The fraction of sp³-hybridized carbons (Fsp3) is 0.125. The molecule has 1 aromatic rings. The van der Waals surface area contributed by atoms with Gasteiger partial charge in [-0.2, -0.15) is 0 Å². The number of hydrogen-bond donors (Lipinski definition) is 1. The summed E-state index contributed by atoms with van der Waals surface area (Å²) in [5, 5.41) is 3.08. The number of halogens is 1. The van der Waals surface area contributed by atoms with E-state index in [9.17, 15) is 0 Å². The molecule has 0 amide bonds. The minimum atomic E-state index is 0.463. The number of benzene rings is 1. The summed E-state index contributed by atoms with van der Waals surface area (Å²) in [7, 11) is 0.